The Kier molecular flexibility index (Phi) is 5.99. The summed E-state index contributed by atoms with van der Waals surface area (Å²) in [4.78, 5) is 12.8. The Morgan fingerprint density at radius 1 is 0.615 bits per heavy atom. The molecule has 4 aromatic rings. The zero-order valence-corrected chi connectivity index (χ0v) is 21.8. The summed E-state index contributed by atoms with van der Waals surface area (Å²) in [5, 5.41) is 0. The van der Waals surface area contributed by atoms with Gasteiger partial charge in [0.05, 0.1) is 28.3 Å². The summed E-state index contributed by atoms with van der Waals surface area (Å²) in [7, 11) is 0. The summed E-state index contributed by atoms with van der Waals surface area (Å²) in [5.74, 6) is -10.0. The first-order valence-corrected chi connectivity index (χ1v) is 13.0. The summed E-state index contributed by atoms with van der Waals surface area (Å²) in [6, 6.07) is 7.22. The van der Waals surface area contributed by atoms with Gasteiger partial charge < -0.3 is 4.98 Å². The molecule has 0 unspecified atom stereocenters. The molecule has 5 heterocycles. The molecule has 0 saturated carbocycles. The highest BCUT2D eigenvalue weighted by Gasteiger charge is 2.29. The fourth-order valence-electron chi connectivity index (χ4n) is 4.89. The largest absolute Gasteiger partial charge is 0.355 e. The maximum absolute atomic E-state index is 15.2. The fraction of sp³-hybridized carbons (Fsp3) is 0.133. The molecule has 3 aromatic heterocycles. The Balaban J connectivity index is 1.84. The molecule has 0 amide bonds. The van der Waals surface area contributed by atoms with Crippen molar-refractivity contribution in [3.05, 3.63) is 92.8 Å². The van der Waals surface area contributed by atoms with Gasteiger partial charge in [-0.25, -0.2) is 31.9 Å². The van der Waals surface area contributed by atoms with Crippen molar-refractivity contribution < 1.29 is 22.0 Å². The molecule has 0 atom stereocenters. The lowest BCUT2D eigenvalue weighted by Gasteiger charge is -2.09. The van der Waals surface area contributed by atoms with Crippen molar-refractivity contribution in [2.45, 2.75) is 27.2 Å². The minimum Gasteiger partial charge on any atom is -0.355 e. The highest BCUT2D eigenvalue weighted by molar-refractivity contribution is 7.24. The molecule has 3 nitrogen and oxygen atoms in total. The third-order valence-corrected chi connectivity index (χ3v) is 8.29. The number of thiophene rings is 1. The number of halogens is 5. The Hall–Kier alpha value is -4.11. The van der Waals surface area contributed by atoms with Crippen LogP contribution in [-0.2, 0) is 6.42 Å². The number of aromatic amines is 1. The molecule has 1 aromatic carbocycles. The number of rotatable bonds is 2. The van der Waals surface area contributed by atoms with E-state index in [0.717, 1.165) is 38.1 Å². The van der Waals surface area contributed by atoms with Crippen molar-refractivity contribution in [2.24, 2.45) is 0 Å². The molecule has 0 fully saturated rings. The van der Waals surface area contributed by atoms with Crippen molar-refractivity contribution in [1.82, 2.24) is 15.0 Å². The standard InChI is InChI=1S/C30H20F5N3S/c1-4-15-19-8-7-17(37-19)13(2)16-5-6-18(36-16)14(3)22-11-12-23(39-22)24(21-10-9-20(15)38-21)25-26(31)28(33)30(35)29(34)27(25)32/h5-12,37H,4H2,1-3H3. The second kappa shape index (κ2) is 9.27. The van der Waals surface area contributed by atoms with E-state index >= 15 is 8.78 Å². The molecule has 6 rings (SSSR count). The van der Waals surface area contributed by atoms with Gasteiger partial charge in [0, 0.05) is 31.6 Å². The van der Waals surface area contributed by atoms with E-state index in [9.17, 15) is 13.2 Å². The molecule has 0 spiro atoms. The van der Waals surface area contributed by atoms with E-state index in [-0.39, 0.29) is 11.3 Å². The molecule has 0 aliphatic carbocycles. The van der Waals surface area contributed by atoms with Crippen LogP contribution in [0.3, 0.4) is 0 Å². The number of nitrogens with one attached hydrogen (secondary N) is 1. The molecule has 9 heteroatoms. The highest BCUT2D eigenvalue weighted by Crippen LogP contribution is 2.40. The van der Waals surface area contributed by atoms with Gasteiger partial charge in [-0.05, 0) is 80.0 Å². The lowest BCUT2D eigenvalue weighted by Crippen LogP contribution is -2.04. The molecule has 0 radical (unpaired) electrons. The second-order valence-corrected chi connectivity index (χ2v) is 10.4. The molecule has 39 heavy (non-hydrogen) atoms. The van der Waals surface area contributed by atoms with Gasteiger partial charge in [-0.1, -0.05) is 6.92 Å². The number of benzene rings is 1. The Morgan fingerprint density at radius 2 is 1.15 bits per heavy atom. The molecule has 196 valence electrons. The molecule has 2 aliphatic heterocycles. The van der Waals surface area contributed by atoms with E-state index in [1.54, 1.807) is 18.2 Å². The van der Waals surface area contributed by atoms with E-state index in [2.05, 4.69) is 9.97 Å². The SMILES string of the molecule is CCc1c2nc(c(-c3c(F)c(F)c(F)c(F)c3F)c3ccc(s3)c(C)c3nc(c(C)c4ccc1[nH]4)C=C3)C=C2. The lowest BCUT2D eigenvalue weighted by molar-refractivity contribution is 0.381. The van der Waals surface area contributed by atoms with Crippen LogP contribution in [0.4, 0.5) is 22.0 Å². The zero-order chi connectivity index (χ0) is 27.6. The molecular weight excluding hydrogens is 529 g/mol. The Bertz CT molecular complexity index is 1900. The first-order valence-electron chi connectivity index (χ1n) is 12.2. The van der Waals surface area contributed by atoms with Crippen LogP contribution in [0.5, 0.6) is 0 Å². The first kappa shape index (κ1) is 25.2. The van der Waals surface area contributed by atoms with Crippen LogP contribution >= 0.6 is 11.3 Å². The monoisotopic (exact) mass is 549 g/mol. The number of nitrogens with zero attached hydrogens (tertiary/aromatic N) is 2. The van der Waals surface area contributed by atoms with Crippen LogP contribution < -0.4 is 0 Å². The predicted molar refractivity (Wildman–Crippen MR) is 146 cm³/mol. The third-order valence-electron chi connectivity index (χ3n) is 7.06. The molecular formula is C30H20F5N3S. The van der Waals surface area contributed by atoms with E-state index in [1.165, 1.54) is 17.4 Å². The van der Waals surface area contributed by atoms with E-state index < -0.39 is 34.6 Å². The van der Waals surface area contributed by atoms with Crippen molar-refractivity contribution in [1.29, 1.82) is 0 Å². The van der Waals surface area contributed by atoms with Crippen molar-refractivity contribution in [2.75, 3.05) is 0 Å². The Labute approximate surface area is 224 Å². The predicted octanol–water partition coefficient (Wildman–Crippen LogP) is 8.93. The van der Waals surface area contributed by atoms with E-state index in [4.69, 9.17) is 4.98 Å². The van der Waals surface area contributed by atoms with Crippen molar-refractivity contribution in [3.63, 3.8) is 0 Å². The quantitative estimate of drug-likeness (QED) is 0.133. The van der Waals surface area contributed by atoms with Gasteiger partial charge >= 0.3 is 0 Å². The molecule has 2 aliphatic rings. The van der Waals surface area contributed by atoms with Gasteiger partial charge in [0.1, 0.15) is 0 Å². The zero-order valence-electron chi connectivity index (χ0n) is 21.0. The topological polar surface area (TPSA) is 41.6 Å². The maximum atomic E-state index is 15.2. The minimum absolute atomic E-state index is 0.0977. The van der Waals surface area contributed by atoms with Crippen LogP contribution in [0.15, 0.2) is 24.3 Å². The summed E-state index contributed by atoms with van der Waals surface area (Å²) in [5.41, 5.74) is 5.23. The van der Waals surface area contributed by atoms with Crippen LogP contribution in [0.1, 0.15) is 46.4 Å². The molecule has 1 N–H and O–H groups in total. The number of aromatic nitrogens is 3. The lowest BCUT2D eigenvalue weighted by atomic mass is 10.0. The number of fused-ring (bicyclic) bond motifs is 8. The summed E-state index contributed by atoms with van der Waals surface area (Å²) in [6.45, 7) is 5.80. The van der Waals surface area contributed by atoms with Gasteiger partial charge in [0.15, 0.2) is 23.3 Å². The third kappa shape index (κ3) is 3.91. The van der Waals surface area contributed by atoms with Gasteiger partial charge in [-0.2, -0.15) is 0 Å². The van der Waals surface area contributed by atoms with Crippen LogP contribution in [-0.4, -0.2) is 15.0 Å². The number of H-pyrrole nitrogens is 1. The van der Waals surface area contributed by atoms with Crippen molar-refractivity contribution >= 4 is 56.1 Å². The summed E-state index contributed by atoms with van der Waals surface area (Å²) >= 11 is 1.17. The normalized spacial score (nSPS) is 12.5. The van der Waals surface area contributed by atoms with Gasteiger partial charge in [-0.15, -0.1) is 11.3 Å². The Morgan fingerprint density at radius 3 is 1.85 bits per heavy atom. The average molecular weight is 550 g/mol. The van der Waals surface area contributed by atoms with Crippen LogP contribution in [0.2, 0.25) is 0 Å². The average Bonchev–Trinajstić information content (AvgIpc) is 3.75. The van der Waals surface area contributed by atoms with Crippen molar-refractivity contribution in [3.8, 4) is 11.1 Å². The fourth-order valence-corrected chi connectivity index (χ4v) is 5.96. The second-order valence-electron chi connectivity index (χ2n) is 9.28. The van der Waals surface area contributed by atoms with Crippen LogP contribution in [0.25, 0.3) is 55.9 Å². The van der Waals surface area contributed by atoms with Gasteiger partial charge in [-0.3, -0.25) is 0 Å². The maximum Gasteiger partial charge on any atom is 0.200 e. The van der Waals surface area contributed by atoms with E-state index in [1.807, 2.05) is 45.1 Å². The first-order chi connectivity index (χ1) is 18.7. The summed E-state index contributed by atoms with van der Waals surface area (Å²) in [6.07, 6.45) is 7.61. The number of hydrogen-bond acceptors (Lipinski definition) is 3. The van der Waals surface area contributed by atoms with E-state index in [0.29, 0.717) is 22.5 Å². The smallest absolute Gasteiger partial charge is 0.200 e. The van der Waals surface area contributed by atoms with Crippen LogP contribution in [0, 0.1) is 42.9 Å². The summed E-state index contributed by atoms with van der Waals surface area (Å²) < 4.78 is 74.0. The molecule has 0 saturated heterocycles. The minimum atomic E-state index is -2.20. The number of aryl methyl sites for hydroxylation is 3. The van der Waals surface area contributed by atoms with Gasteiger partial charge in [0.2, 0.25) is 5.82 Å². The molecule has 8 bridgehead atoms. The number of hydrogen-bond donors (Lipinski definition) is 1. The van der Waals surface area contributed by atoms with Gasteiger partial charge in [0.25, 0.3) is 0 Å². The highest BCUT2D eigenvalue weighted by atomic mass is 32.1.